The van der Waals surface area contributed by atoms with Gasteiger partial charge in [-0.2, -0.15) is 0 Å². The van der Waals surface area contributed by atoms with Gasteiger partial charge in [-0.15, -0.1) is 0 Å². The Morgan fingerprint density at radius 3 is 2.95 bits per heavy atom. The zero-order valence-corrected chi connectivity index (χ0v) is 13.2. The monoisotopic (exact) mass is 309 g/mol. The SMILES string of the molecule is CCCNC1(C(=O)O)CCCC1CCSc1ncccn1. The molecule has 6 heteroatoms. The molecule has 1 aliphatic carbocycles. The number of aliphatic carboxylic acids is 1. The number of carboxylic acids is 1. The number of nitrogens with one attached hydrogen (secondary N) is 1. The van der Waals surface area contributed by atoms with Crippen molar-refractivity contribution in [3.8, 4) is 0 Å². The van der Waals surface area contributed by atoms with Crippen molar-refractivity contribution in [3.63, 3.8) is 0 Å². The number of carboxylic acid groups (broad SMARTS) is 1. The number of hydrogen-bond acceptors (Lipinski definition) is 5. The van der Waals surface area contributed by atoms with Gasteiger partial charge in [0.05, 0.1) is 0 Å². The predicted octanol–water partition coefficient (Wildman–Crippen LogP) is 2.58. The van der Waals surface area contributed by atoms with E-state index < -0.39 is 11.5 Å². The second-order valence-corrected chi connectivity index (χ2v) is 6.52. The van der Waals surface area contributed by atoms with Crippen LogP contribution in [-0.4, -0.2) is 38.9 Å². The Hall–Kier alpha value is -1.14. The Morgan fingerprint density at radius 1 is 1.52 bits per heavy atom. The third-order valence-electron chi connectivity index (χ3n) is 4.13. The van der Waals surface area contributed by atoms with E-state index in [2.05, 4.69) is 22.2 Å². The fraction of sp³-hybridized carbons (Fsp3) is 0.667. The molecule has 1 heterocycles. The topological polar surface area (TPSA) is 75.1 Å². The Morgan fingerprint density at radius 2 is 2.29 bits per heavy atom. The van der Waals surface area contributed by atoms with Crippen LogP contribution in [0.5, 0.6) is 0 Å². The minimum atomic E-state index is -0.728. The lowest BCUT2D eigenvalue weighted by Crippen LogP contribution is -2.55. The lowest BCUT2D eigenvalue weighted by Gasteiger charge is -2.32. The summed E-state index contributed by atoms with van der Waals surface area (Å²) in [6, 6.07) is 1.80. The summed E-state index contributed by atoms with van der Waals surface area (Å²) >= 11 is 1.60. The first-order valence-corrected chi connectivity index (χ1v) is 8.56. The van der Waals surface area contributed by atoms with E-state index in [1.54, 1.807) is 30.2 Å². The molecule has 0 saturated heterocycles. The highest BCUT2D eigenvalue weighted by Gasteiger charge is 2.48. The molecule has 2 N–H and O–H groups in total. The summed E-state index contributed by atoms with van der Waals surface area (Å²) in [6.45, 7) is 2.83. The summed E-state index contributed by atoms with van der Waals surface area (Å²) < 4.78 is 0. The molecule has 21 heavy (non-hydrogen) atoms. The minimum absolute atomic E-state index is 0.192. The highest BCUT2D eigenvalue weighted by molar-refractivity contribution is 7.99. The molecule has 2 rings (SSSR count). The van der Waals surface area contributed by atoms with Crippen LogP contribution in [0.2, 0.25) is 0 Å². The molecular formula is C15H23N3O2S. The second kappa shape index (κ2) is 7.75. The van der Waals surface area contributed by atoms with Crippen LogP contribution in [0.15, 0.2) is 23.6 Å². The van der Waals surface area contributed by atoms with Gasteiger partial charge in [-0.1, -0.05) is 25.1 Å². The standard InChI is InChI=1S/C15H23N3O2S/c1-2-8-18-15(13(19)20)7-3-5-12(15)6-11-21-14-16-9-4-10-17-14/h4,9-10,12,18H,2-3,5-8,11H2,1H3,(H,19,20). The molecule has 0 radical (unpaired) electrons. The number of thioether (sulfide) groups is 1. The van der Waals surface area contributed by atoms with Crippen LogP contribution in [0.1, 0.15) is 39.0 Å². The predicted molar refractivity (Wildman–Crippen MR) is 83.4 cm³/mol. The minimum Gasteiger partial charge on any atom is -0.480 e. The van der Waals surface area contributed by atoms with Crippen molar-refractivity contribution in [1.82, 2.24) is 15.3 Å². The maximum atomic E-state index is 11.8. The molecule has 116 valence electrons. The Labute approximate surface area is 130 Å². The molecule has 0 amide bonds. The molecule has 2 unspecified atom stereocenters. The Balaban J connectivity index is 1.92. The molecule has 0 aliphatic heterocycles. The van der Waals surface area contributed by atoms with Crippen LogP contribution in [0.4, 0.5) is 0 Å². The van der Waals surface area contributed by atoms with Gasteiger partial charge in [-0.3, -0.25) is 4.79 Å². The fourth-order valence-electron chi connectivity index (χ4n) is 3.06. The smallest absolute Gasteiger partial charge is 0.324 e. The molecule has 0 spiro atoms. The van der Waals surface area contributed by atoms with Crippen molar-refractivity contribution >= 4 is 17.7 Å². The first-order chi connectivity index (χ1) is 10.2. The third-order valence-corrected chi connectivity index (χ3v) is 5.04. The van der Waals surface area contributed by atoms with E-state index in [1.165, 1.54) is 0 Å². The lowest BCUT2D eigenvalue weighted by atomic mass is 9.85. The highest BCUT2D eigenvalue weighted by atomic mass is 32.2. The molecule has 1 aromatic heterocycles. The zero-order valence-electron chi connectivity index (χ0n) is 12.4. The van der Waals surface area contributed by atoms with Crippen molar-refractivity contribution in [3.05, 3.63) is 18.5 Å². The summed E-state index contributed by atoms with van der Waals surface area (Å²) in [5, 5.41) is 13.7. The second-order valence-electron chi connectivity index (χ2n) is 5.46. The van der Waals surface area contributed by atoms with E-state index in [9.17, 15) is 9.90 Å². The van der Waals surface area contributed by atoms with Gasteiger partial charge in [0.15, 0.2) is 5.16 Å². The van der Waals surface area contributed by atoms with Crippen molar-refractivity contribution in [2.24, 2.45) is 5.92 Å². The molecule has 5 nitrogen and oxygen atoms in total. The van der Waals surface area contributed by atoms with E-state index in [4.69, 9.17) is 0 Å². The Kier molecular flexibility index (Phi) is 5.99. The van der Waals surface area contributed by atoms with E-state index in [1.807, 2.05) is 0 Å². The van der Waals surface area contributed by atoms with Crippen LogP contribution in [0.25, 0.3) is 0 Å². The summed E-state index contributed by atoms with van der Waals surface area (Å²) in [4.78, 5) is 20.1. The van der Waals surface area contributed by atoms with Gasteiger partial charge < -0.3 is 10.4 Å². The molecule has 0 aromatic carbocycles. The van der Waals surface area contributed by atoms with E-state index in [0.717, 1.165) is 49.6 Å². The van der Waals surface area contributed by atoms with Crippen LogP contribution < -0.4 is 5.32 Å². The van der Waals surface area contributed by atoms with Crippen LogP contribution in [0, 0.1) is 5.92 Å². The average molecular weight is 309 g/mol. The number of carbonyl (C=O) groups is 1. The van der Waals surface area contributed by atoms with E-state index in [0.29, 0.717) is 0 Å². The van der Waals surface area contributed by atoms with Crippen molar-refractivity contribution < 1.29 is 9.90 Å². The number of hydrogen-bond donors (Lipinski definition) is 2. The quantitative estimate of drug-likeness (QED) is 0.568. The third kappa shape index (κ3) is 3.95. The molecule has 0 bridgehead atoms. The van der Waals surface area contributed by atoms with Crippen molar-refractivity contribution in [2.45, 2.75) is 49.7 Å². The van der Waals surface area contributed by atoms with Gasteiger partial charge in [-0.05, 0) is 44.2 Å². The van der Waals surface area contributed by atoms with E-state index >= 15 is 0 Å². The van der Waals surface area contributed by atoms with Gasteiger partial charge in [0, 0.05) is 18.1 Å². The average Bonchev–Trinajstić information content (AvgIpc) is 2.90. The highest BCUT2D eigenvalue weighted by Crippen LogP contribution is 2.39. The molecule has 1 aromatic rings. The van der Waals surface area contributed by atoms with Crippen LogP contribution in [0.3, 0.4) is 0 Å². The maximum Gasteiger partial charge on any atom is 0.324 e. The number of nitrogens with zero attached hydrogens (tertiary/aromatic N) is 2. The maximum absolute atomic E-state index is 11.8. The molecule has 1 fully saturated rings. The Bertz CT molecular complexity index is 457. The summed E-state index contributed by atoms with van der Waals surface area (Å²) in [5.74, 6) is 0.356. The molecular weight excluding hydrogens is 286 g/mol. The van der Waals surface area contributed by atoms with Gasteiger partial charge in [0.1, 0.15) is 5.54 Å². The van der Waals surface area contributed by atoms with Crippen LogP contribution in [-0.2, 0) is 4.79 Å². The molecule has 1 saturated carbocycles. The largest absolute Gasteiger partial charge is 0.480 e. The van der Waals surface area contributed by atoms with Gasteiger partial charge >= 0.3 is 5.97 Å². The first-order valence-electron chi connectivity index (χ1n) is 7.57. The van der Waals surface area contributed by atoms with Gasteiger partial charge in [0.2, 0.25) is 0 Å². The van der Waals surface area contributed by atoms with Crippen molar-refractivity contribution in [2.75, 3.05) is 12.3 Å². The first kappa shape index (κ1) is 16.2. The molecule has 2 atom stereocenters. The number of aromatic nitrogens is 2. The summed E-state index contributed by atoms with van der Waals surface area (Å²) in [7, 11) is 0. The van der Waals surface area contributed by atoms with E-state index in [-0.39, 0.29) is 5.92 Å². The number of rotatable bonds is 8. The molecule has 1 aliphatic rings. The fourth-order valence-corrected chi connectivity index (χ4v) is 3.91. The summed E-state index contributed by atoms with van der Waals surface area (Å²) in [5.41, 5.74) is -0.728. The van der Waals surface area contributed by atoms with Crippen LogP contribution >= 0.6 is 11.8 Å². The lowest BCUT2D eigenvalue weighted by molar-refractivity contribution is -0.146. The van der Waals surface area contributed by atoms with Crippen molar-refractivity contribution in [1.29, 1.82) is 0 Å². The van der Waals surface area contributed by atoms with Gasteiger partial charge in [-0.25, -0.2) is 9.97 Å². The normalized spacial score (nSPS) is 25.1. The van der Waals surface area contributed by atoms with Gasteiger partial charge in [0.25, 0.3) is 0 Å². The summed E-state index contributed by atoms with van der Waals surface area (Å²) in [6.07, 6.45) is 8.00. The zero-order chi connectivity index (χ0) is 15.1.